The highest BCUT2D eigenvalue weighted by Crippen LogP contribution is 2.56. The summed E-state index contributed by atoms with van der Waals surface area (Å²) in [5.41, 5.74) is 3.48. The Bertz CT molecular complexity index is 1870. The van der Waals surface area contributed by atoms with Gasteiger partial charge in [0.05, 0.1) is 39.8 Å². The summed E-state index contributed by atoms with van der Waals surface area (Å²) in [5.74, 6) is -0.161. The molecule has 2 aromatic heterocycles. The molecule has 14 heteroatoms. The summed E-state index contributed by atoms with van der Waals surface area (Å²) in [6, 6.07) is 7.96. The minimum atomic E-state index is -4.67. The number of fused-ring (bicyclic) bond motifs is 2. The van der Waals surface area contributed by atoms with Crippen molar-refractivity contribution in [2.24, 2.45) is 13.0 Å². The zero-order chi connectivity index (χ0) is 31.1. The van der Waals surface area contributed by atoms with Gasteiger partial charge >= 0.3 is 6.18 Å². The first kappa shape index (κ1) is 29.1. The third kappa shape index (κ3) is 4.75. The van der Waals surface area contributed by atoms with Crippen molar-refractivity contribution < 1.29 is 31.8 Å². The maximum Gasteiger partial charge on any atom is 0.416 e. The number of aromatic nitrogens is 5. The fraction of sp³-hybridized carbons (Fsp3) is 0.433. The van der Waals surface area contributed by atoms with Crippen molar-refractivity contribution >= 4 is 10.0 Å². The summed E-state index contributed by atoms with van der Waals surface area (Å²) < 4.78 is 73.7. The molecule has 2 aliphatic carbocycles. The molecule has 1 saturated carbocycles. The van der Waals surface area contributed by atoms with Crippen LogP contribution in [-0.2, 0) is 36.1 Å². The van der Waals surface area contributed by atoms with Crippen molar-refractivity contribution in [3.05, 3.63) is 88.0 Å². The van der Waals surface area contributed by atoms with E-state index in [0.717, 1.165) is 35.4 Å². The van der Waals surface area contributed by atoms with Crippen LogP contribution < -0.4 is 0 Å². The third-order valence-electron chi connectivity index (χ3n) is 9.09. The lowest BCUT2D eigenvalue weighted by Crippen LogP contribution is -2.36. The molecule has 232 valence electrons. The van der Waals surface area contributed by atoms with Crippen LogP contribution in [0.1, 0.15) is 83.1 Å². The number of aliphatic hydroxyl groups is 2. The van der Waals surface area contributed by atoms with Crippen LogP contribution in [0.4, 0.5) is 13.2 Å². The number of hydrogen-bond acceptors (Lipinski definition) is 7. The maximum absolute atomic E-state index is 14.1. The lowest BCUT2D eigenvalue weighted by atomic mass is 9.99. The number of aryl methyl sites for hydroxylation is 1. The maximum atomic E-state index is 14.1. The number of sulfonamides is 1. The van der Waals surface area contributed by atoms with Crippen LogP contribution in [0.3, 0.4) is 0 Å². The first-order valence-corrected chi connectivity index (χ1v) is 15.9. The van der Waals surface area contributed by atoms with E-state index in [9.17, 15) is 31.8 Å². The number of alkyl halides is 3. The van der Waals surface area contributed by atoms with Crippen molar-refractivity contribution in [2.45, 2.75) is 67.8 Å². The quantitative estimate of drug-likeness (QED) is 0.318. The Morgan fingerprint density at radius 3 is 2.61 bits per heavy atom. The lowest BCUT2D eigenvalue weighted by Gasteiger charge is -2.29. The summed E-state index contributed by atoms with van der Waals surface area (Å²) >= 11 is 0. The highest BCUT2D eigenvalue weighted by atomic mass is 32.2. The number of benzene rings is 2. The molecule has 4 atom stereocenters. The lowest BCUT2D eigenvalue weighted by molar-refractivity contribution is -0.137. The molecule has 1 fully saturated rings. The highest BCUT2D eigenvalue weighted by Gasteiger charge is 2.47. The molecule has 0 spiro atoms. The van der Waals surface area contributed by atoms with Crippen molar-refractivity contribution in [2.75, 3.05) is 6.54 Å². The molecule has 0 bridgehead atoms. The summed E-state index contributed by atoms with van der Waals surface area (Å²) in [6.07, 6.45) is -1.09. The first-order chi connectivity index (χ1) is 20.8. The van der Waals surface area contributed by atoms with Gasteiger partial charge in [0.1, 0.15) is 0 Å². The number of aliphatic hydroxyl groups excluding tert-OH is 1. The zero-order valence-electron chi connectivity index (χ0n) is 24.0. The zero-order valence-corrected chi connectivity index (χ0v) is 24.8. The van der Waals surface area contributed by atoms with E-state index in [2.05, 4.69) is 15.4 Å². The molecular formula is C30H31F3N6O4S. The molecule has 7 rings (SSSR count). The van der Waals surface area contributed by atoms with Crippen molar-refractivity contribution in [3.63, 3.8) is 0 Å². The van der Waals surface area contributed by atoms with Gasteiger partial charge in [-0.2, -0.15) is 22.6 Å². The van der Waals surface area contributed by atoms with Gasteiger partial charge in [-0.15, -0.1) is 5.10 Å². The van der Waals surface area contributed by atoms with Gasteiger partial charge < -0.3 is 10.2 Å². The van der Waals surface area contributed by atoms with E-state index in [4.69, 9.17) is 0 Å². The Morgan fingerprint density at radius 2 is 1.91 bits per heavy atom. The number of halogens is 3. The first-order valence-electron chi connectivity index (χ1n) is 14.5. The molecule has 2 aromatic carbocycles. The summed E-state index contributed by atoms with van der Waals surface area (Å²) in [5, 5.41) is 33.2. The van der Waals surface area contributed by atoms with Crippen molar-refractivity contribution in [1.82, 2.24) is 29.1 Å². The second-order valence-corrected chi connectivity index (χ2v) is 14.0. The Hall–Kier alpha value is -3.59. The van der Waals surface area contributed by atoms with Crippen molar-refractivity contribution in [1.29, 1.82) is 0 Å². The summed E-state index contributed by atoms with van der Waals surface area (Å²) in [7, 11) is -2.48. The fourth-order valence-electron chi connectivity index (χ4n) is 7.01. The van der Waals surface area contributed by atoms with Crippen LogP contribution in [-0.4, -0.2) is 54.3 Å². The summed E-state index contributed by atoms with van der Waals surface area (Å²) in [4.78, 5) is -0.291. The van der Waals surface area contributed by atoms with Gasteiger partial charge in [0, 0.05) is 37.2 Å². The van der Waals surface area contributed by atoms with E-state index >= 15 is 0 Å². The van der Waals surface area contributed by atoms with Gasteiger partial charge in [-0.25, -0.2) is 13.1 Å². The molecule has 44 heavy (non-hydrogen) atoms. The molecule has 1 aliphatic heterocycles. The predicted molar refractivity (Wildman–Crippen MR) is 151 cm³/mol. The minimum Gasteiger partial charge on any atom is -0.364 e. The minimum absolute atomic E-state index is 0.0338. The van der Waals surface area contributed by atoms with Gasteiger partial charge in [0.25, 0.3) is 0 Å². The normalized spacial score (nSPS) is 24.7. The smallest absolute Gasteiger partial charge is 0.364 e. The van der Waals surface area contributed by atoms with Crippen LogP contribution in [0.15, 0.2) is 53.7 Å². The Labute approximate surface area is 251 Å². The van der Waals surface area contributed by atoms with Crippen LogP contribution in [0.5, 0.6) is 0 Å². The molecule has 0 saturated heterocycles. The van der Waals surface area contributed by atoms with Crippen LogP contribution in [0.2, 0.25) is 0 Å². The van der Waals surface area contributed by atoms with Gasteiger partial charge in [-0.1, -0.05) is 30.3 Å². The Kier molecular flexibility index (Phi) is 6.77. The SMILES string of the molecule is C[C@H]1Cc2ccc(C(F)(F)F)cc2S(=O)(=O)N([C@@H]2CCc3c2cccc3-n2ncc(C(O)O)c2[C@@H]2C[C@H]2c2cn(C)nn2)C1. The van der Waals surface area contributed by atoms with Crippen LogP contribution in [0, 0.1) is 5.92 Å². The molecule has 2 N–H and O–H groups in total. The van der Waals surface area contributed by atoms with Gasteiger partial charge in [0.15, 0.2) is 6.29 Å². The molecule has 0 amide bonds. The fourth-order valence-corrected chi connectivity index (χ4v) is 9.02. The topological polar surface area (TPSA) is 126 Å². The molecule has 10 nitrogen and oxygen atoms in total. The number of hydrogen-bond donors (Lipinski definition) is 2. The molecule has 4 aromatic rings. The van der Waals surface area contributed by atoms with Crippen LogP contribution >= 0.6 is 0 Å². The van der Waals surface area contributed by atoms with Crippen molar-refractivity contribution in [3.8, 4) is 5.69 Å². The highest BCUT2D eigenvalue weighted by molar-refractivity contribution is 7.89. The van der Waals surface area contributed by atoms with Crippen LogP contribution in [0.25, 0.3) is 5.69 Å². The van der Waals surface area contributed by atoms with E-state index < -0.39 is 34.1 Å². The monoisotopic (exact) mass is 628 g/mol. The number of rotatable bonds is 5. The average molecular weight is 629 g/mol. The van der Waals surface area contributed by atoms with Gasteiger partial charge in [-0.3, -0.25) is 4.68 Å². The van der Waals surface area contributed by atoms with Gasteiger partial charge in [0.2, 0.25) is 10.0 Å². The largest absolute Gasteiger partial charge is 0.416 e. The summed E-state index contributed by atoms with van der Waals surface area (Å²) in [6.45, 7) is 2.07. The van der Waals surface area contributed by atoms with E-state index in [-0.39, 0.29) is 34.8 Å². The van der Waals surface area contributed by atoms with E-state index in [0.29, 0.717) is 36.2 Å². The van der Waals surface area contributed by atoms with E-state index in [1.54, 1.807) is 16.4 Å². The van der Waals surface area contributed by atoms with E-state index in [1.807, 2.05) is 31.3 Å². The van der Waals surface area contributed by atoms with Gasteiger partial charge in [-0.05, 0) is 66.5 Å². The molecular weight excluding hydrogens is 597 g/mol. The average Bonchev–Trinajstić information content (AvgIpc) is 3.27. The Morgan fingerprint density at radius 1 is 1.11 bits per heavy atom. The Balaban J connectivity index is 1.28. The second-order valence-electron chi connectivity index (χ2n) is 12.1. The predicted octanol–water partition coefficient (Wildman–Crippen LogP) is 4.14. The second kappa shape index (κ2) is 10.2. The molecule has 0 radical (unpaired) electrons. The molecule has 3 heterocycles. The standard InChI is InChI=1S/C30H31F3N6O4S/c1-16-10-17-6-7-18(30(31,32)33)11-27(17)44(42,43)38(14-16)25-9-8-20-19(25)4-3-5-26(20)39-28(23(13-34-39)29(40)41)22-12-21(22)24-15-37(2)36-35-24/h3-7,11,13,15-16,21-22,25,29,40-41H,8-10,12,14H2,1-2H3/t16-,21+,22+,25+/m0/s1. The molecule has 0 unspecified atom stereocenters. The van der Waals surface area contributed by atoms with E-state index in [1.165, 1.54) is 16.6 Å². The third-order valence-corrected chi connectivity index (χ3v) is 11.0. The number of nitrogens with zero attached hydrogens (tertiary/aromatic N) is 6. The molecule has 3 aliphatic rings.